The fraction of sp³-hybridized carbons (Fsp3) is 0.0588. The van der Waals surface area contributed by atoms with Crippen molar-refractivity contribution < 1.29 is 4.79 Å². The summed E-state index contributed by atoms with van der Waals surface area (Å²) in [5, 5.41) is 1.64. The lowest BCUT2D eigenvalue weighted by Crippen LogP contribution is -2.30. The SMILES string of the molecule is O=C(c1cnc[nH]1)N(Cc1ccc(Cl)cc1Cl)c1ccc(Cl)cc1. The van der Waals surface area contributed by atoms with Crippen LogP contribution in [0.25, 0.3) is 0 Å². The number of H-pyrrole nitrogens is 1. The van der Waals surface area contributed by atoms with Crippen LogP contribution in [-0.4, -0.2) is 15.9 Å². The van der Waals surface area contributed by atoms with Gasteiger partial charge >= 0.3 is 0 Å². The number of imidazole rings is 1. The van der Waals surface area contributed by atoms with E-state index in [1.807, 2.05) is 0 Å². The van der Waals surface area contributed by atoms with Crippen molar-refractivity contribution in [2.45, 2.75) is 6.54 Å². The fourth-order valence-corrected chi connectivity index (χ4v) is 2.83. The number of aromatic amines is 1. The molecular weight excluding hydrogens is 369 g/mol. The van der Waals surface area contributed by atoms with E-state index in [1.165, 1.54) is 12.5 Å². The normalized spacial score (nSPS) is 10.6. The Morgan fingerprint density at radius 3 is 2.38 bits per heavy atom. The van der Waals surface area contributed by atoms with Crippen molar-refractivity contribution in [3.63, 3.8) is 0 Å². The van der Waals surface area contributed by atoms with Crippen LogP contribution in [0.4, 0.5) is 5.69 Å². The third-order valence-electron chi connectivity index (χ3n) is 3.46. The number of nitrogens with one attached hydrogen (secondary N) is 1. The van der Waals surface area contributed by atoms with E-state index in [1.54, 1.807) is 47.4 Å². The van der Waals surface area contributed by atoms with Gasteiger partial charge in [-0.3, -0.25) is 4.79 Å². The Labute approximate surface area is 154 Å². The molecule has 0 aliphatic rings. The molecule has 1 amide bonds. The number of amides is 1. The van der Waals surface area contributed by atoms with Gasteiger partial charge in [-0.25, -0.2) is 4.98 Å². The van der Waals surface area contributed by atoms with E-state index < -0.39 is 0 Å². The lowest BCUT2D eigenvalue weighted by molar-refractivity contribution is 0.0981. The first-order valence-electron chi connectivity index (χ1n) is 7.04. The Bertz CT molecular complexity index is 848. The van der Waals surface area contributed by atoms with Crippen molar-refractivity contribution in [1.29, 1.82) is 0 Å². The minimum absolute atomic E-state index is 0.221. The Balaban J connectivity index is 1.98. The number of benzene rings is 2. The van der Waals surface area contributed by atoms with Gasteiger partial charge in [0, 0.05) is 20.8 Å². The summed E-state index contributed by atoms with van der Waals surface area (Å²) in [7, 11) is 0. The van der Waals surface area contributed by atoms with E-state index in [-0.39, 0.29) is 12.5 Å². The van der Waals surface area contributed by atoms with Crippen LogP contribution in [0.1, 0.15) is 16.1 Å². The number of carbonyl (C=O) groups is 1. The van der Waals surface area contributed by atoms with E-state index in [0.717, 1.165) is 5.56 Å². The first-order chi connectivity index (χ1) is 11.5. The summed E-state index contributed by atoms with van der Waals surface area (Å²) in [6, 6.07) is 12.2. The Morgan fingerprint density at radius 2 is 1.75 bits per heavy atom. The zero-order valence-electron chi connectivity index (χ0n) is 12.3. The van der Waals surface area contributed by atoms with Crippen LogP contribution < -0.4 is 4.90 Å². The molecule has 24 heavy (non-hydrogen) atoms. The van der Waals surface area contributed by atoms with Gasteiger partial charge in [-0.1, -0.05) is 40.9 Å². The lowest BCUT2D eigenvalue weighted by Gasteiger charge is -2.23. The average Bonchev–Trinajstić information content (AvgIpc) is 3.09. The third kappa shape index (κ3) is 3.73. The summed E-state index contributed by atoms with van der Waals surface area (Å²) < 4.78 is 0. The lowest BCUT2D eigenvalue weighted by atomic mass is 10.1. The summed E-state index contributed by atoms with van der Waals surface area (Å²) in [5.74, 6) is -0.221. The minimum Gasteiger partial charge on any atom is -0.341 e. The van der Waals surface area contributed by atoms with Crippen molar-refractivity contribution in [3.8, 4) is 0 Å². The van der Waals surface area contributed by atoms with Crippen LogP contribution in [0.2, 0.25) is 15.1 Å². The molecule has 0 spiro atoms. The van der Waals surface area contributed by atoms with Crippen LogP contribution in [0.15, 0.2) is 55.0 Å². The second-order valence-corrected chi connectivity index (χ2v) is 6.35. The molecule has 2 aromatic carbocycles. The fourth-order valence-electron chi connectivity index (χ4n) is 2.24. The number of halogens is 3. The smallest absolute Gasteiger partial charge is 0.276 e. The van der Waals surface area contributed by atoms with Crippen molar-refractivity contribution >= 4 is 46.4 Å². The van der Waals surface area contributed by atoms with Gasteiger partial charge in [-0.05, 0) is 42.0 Å². The zero-order valence-corrected chi connectivity index (χ0v) is 14.6. The van der Waals surface area contributed by atoms with Gasteiger partial charge in [-0.2, -0.15) is 0 Å². The van der Waals surface area contributed by atoms with Gasteiger partial charge < -0.3 is 9.88 Å². The van der Waals surface area contributed by atoms with Crippen molar-refractivity contribution in [1.82, 2.24) is 9.97 Å². The molecule has 1 N–H and O–H groups in total. The molecule has 1 heterocycles. The third-order valence-corrected chi connectivity index (χ3v) is 4.29. The maximum Gasteiger partial charge on any atom is 0.276 e. The van der Waals surface area contributed by atoms with Crippen LogP contribution in [0, 0.1) is 0 Å². The number of nitrogens with zero attached hydrogens (tertiary/aromatic N) is 2. The van der Waals surface area contributed by atoms with Gasteiger partial charge in [0.1, 0.15) is 5.69 Å². The zero-order chi connectivity index (χ0) is 17.1. The number of hydrogen-bond donors (Lipinski definition) is 1. The van der Waals surface area contributed by atoms with Crippen LogP contribution in [0.5, 0.6) is 0 Å². The Morgan fingerprint density at radius 1 is 1.04 bits per heavy atom. The van der Waals surface area contributed by atoms with E-state index in [2.05, 4.69) is 9.97 Å². The molecule has 7 heteroatoms. The Hall–Kier alpha value is -2.01. The van der Waals surface area contributed by atoms with Gasteiger partial charge in [0.2, 0.25) is 0 Å². The van der Waals surface area contributed by atoms with E-state index in [0.29, 0.717) is 26.4 Å². The van der Waals surface area contributed by atoms with Gasteiger partial charge in [0.15, 0.2) is 0 Å². The van der Waals surface area contributed by atoms with Crippen molar-refractivity contribution in [2.24, 2.45) is 0 Å². The second kappa shape index (κ2) is 7.26. The first-order valence-corrected chi connectivity index (χ1v) is 8.18. The maximum atomic E-state index is 12.8. The number of aromatic nitrogens is 2. The summed E-state index contributed by atoms with van der Waals surface area (Å²) in [6.45, 7) is 0.287. The van der Waals surface area contributed by atoms with E-state index >= 15 is 0 Å². The number of hydrogen-bond acceptors (Lipinski definition) is 2. The molecule has 1 aromatic heterocycles. The van der Waals surface area contributed by atoms with Crippen molar-refractivity contribution in [2.75, 3.05) is 4.90 Å². The molecular formula is C17H12Cl3N3O. The molecule has 0 atom stereocenters. The number of anilines is 1. The molecule has 0 saturated heterocycles. The second-order valence-electron chi connectivity index (χ2n) is 5.07. The minimum atomic E-state index is -0.221. The molecule has 0 bridgehead atoms. The molecule has 3 rings (SSSR count). The summed E-state index contributed by atoms with van der Waals surface area (Å²) in [4.78, 5) is 21.2. The van der Waals surface area contributed by atoms with Gasteiger partial charge in [-0.15, -0.1) is 0 Å². The van der Waals surface area contributed by atoms with Crippen LogP contribution in [0.3, 0.4) is 0 Å². The standard InChI is InChI=1S/C17H12Cl3N3O/c18-12-3-5-14(6-4-12)23(17(24)16-8-21-10-22-16)9-11-1-2-13(19)7-15(11)20/h1-8,10H,9H2,(H,21,22). The quantitative estimate of drug-likeness (QED) is 0.675. The predicted octanol–water partition coefficient (Wildman–Crippen LogP) is 5.22. The highest BCUT2D eigenvalue weighted by molar-refractivity contribution is 6.35. The number of rotatable bonds is 4. The molecule has 0 fully saturated rings. The van der Waals surface area contributed by atoms with Crippen molar-refractivity contribution in [3.05, 3.63) is 81.3 Å². The maximum absolute atomic E-state index is 12.8. The summed E-state index contributed by atoms with van der Waals surface area (Å²) >= 11 is 18.1. The van der Waals surface area contributed by atoms with Gasteiger partial charge in [0.05, 0.1) is 19.1 Å². The summed E-state index contributed by atoms with van der Waals surface area (Å²) in [6.07, 6.45) is 2.94. The molecule has 0 aliphatic carbocycles. The molecule has 0 radical (unpaired) electrons. The highest BCUT2D eigenvalue weighted by Gasteiger charge is 2.20. The molecule has 0 aliphatic heterocycles. The number of carbonyl (C=O) groups excluding carboxylic acids is 1. The highest BCUT2D eigenvalue weighted by Crippen LogP contribution is 2.26. The summed E-state index contributed by atoms with van der Waals surface area (Å²) in [5.41, 5.74) is 1.86. The topological polar surface area (TPSA) is 49.0 Å². The first kappa shape index (κ1) is 16.8. The predicted molar refractivity (Wildman–Crippen MR) is 97.0 cm³/mol. The van der Waals surface area contributed by atoms with Crippen LogP contribution >= 0.6 is 34.8 Å². The molecule has 4 nitrogen and oxygen atoms in total. The van der Waals surface area contributed by atoms with Gasteiger partial charge in [0.25, 0.3) is 5.91 Å². The van der Waals surface area contributed by atoms with E-state index in [4.69, 9.17) is 34.8 Å². The average molecular weight is 381 g/mol. The van der Waals surface area contributed by atoms with E-state index in [9.17, 15) is 4.79 Å². The molecule has 0 saturated carbocycles. The molecule has 3 aromatic rings. The molecule has 122 valence electrons. The monoisotopic (exact) mass is 379 g/mol. The molecule has 0 unspecified atom stereocenters. The Kier molecular flexibility index (Phi) is 5.09. The highest BCUT2D eigenvalue weighted by atomic mass is 35.5. The largest absolute Gasteiger partial charge is 0.341 e. The van der Waals surface area contributed by atoms with Crippen LogP contribution in [-0.2, 0) is 6.54 Å².